The fraction of sp³-hybridized carbons (Fsp3) is 1.00. The molecule has 6 unspecified atom stereocenters. The lowest BCUT2D eigenvalue weighted by Gasteiger charge is -2.50. The van der Waals surface area contributed by atoms with Gasteiger partial charge in [0.15, 0.2) is 0 Å². The average Bonchev–Trinajstić information content (AvgIpc) is 2.93. The van der Waals surface area contributed by atoms with Crippen LogP contribution in [0, 0.1) is 47.3 Å². The molecule has 0 radical (unpaired) electrons. The van der Waals surface area contributed by atoms with Gasteiger partial charge < -0.3 is 9.47 Å². The van der Waals surface area contributed by atoms with Crippen molar-refractivity contribution >= 4 is 0 Å². The maximum atomic E-state index is 6.02. The van der Waals surface area contributed by atoms with Crippen LogP contribution in [0.25, 0.3) is 0 Å². The number of hydrogen-bond donors (Lipinski definition) is 0. The van der Waals surface area contributed by atoms with E-state index in [1.807, 2.05) is 0 Å². The van der Waals surface area contributed by atoms with E-state index in [1.54, 1.807) is 19.3 Å². The molecule has 0 aromatic rings. The molecule has 4 fully saturated rings. The Morgan fingerprint density at radius 2 is 0.892 bits per heavy atom. The highest BCUT2D eigenvalue weighted by Gasteiger charge is 2.44. The zero-order valence-corrected chi connectivity index (χ0v) is 25.4. The molecule has 6 atom stereocenters. The summed E-state index contributed by atoms with van der Waals surface area (Å²) in [4.78, 5) is 0. The van der Waals surface area contributed by atoms with Crippen LogP contribution in [0.3, 0.4) is 0 Å². The Morgan fingerprint density at radius 3 is 1.30 bits per heavy atom. The molecule has 0 spiro atoms. The molecule has 0 N–H and O–H groups in total. The molecule has 0 aromatic heterocycles. The molecule has 0 amide bonds. The van der Waals surface area contributed by atoms with Gasteiger partial charge in [-0.3, -0.25) is 0 Å². The van der Waals surface area contributed by atoms with E-state index in [1.165, 1.54) is 103 Å². The SMILES string of the molecule is CCCCC1CCC(C2CCC(OCC)CC2)CC1C1CC(C2CCC(OCC)CC2)CCC1CCC. The van der Waals surface area contributed by atoms with Gasteiger partial charge in [-0.25, -0.2) is 0 Å². The normalized spacial score (nSPS) is 41.5. The molecular formula is C35H64O2. The van der Waals surface area contributed by atoms with Gasteiger partial charge in [-0.1, -0.05) is 46.0 Å². The second kappa shape index (κ2) is 15.6. The van der Waals surface area contributed by atoms with E-state index in [9.17, 15) is 0 Å². The lowest BCUT2D eigenvalue weighted by molar-refractivity contribution is -0.0219. The molecule has 4 aliphatic rings. The lowest BCUT2D eigenvalue weighted by Crippen LogP contribution is -2.41. The zero-order valence-electron chi connectivity index (χ0n) is 25.4. The molecule has 0 saturated heterocycles. The minimum Gasteiger partial charge on any atom is -0.379 e. The summed E-state index contributed by atoms with van der Waals surface area (Å²) < 4.78 is 12.0. The first kappa shape index (κ1) is 29.9. The van der Waals surface area contributed by atoms with Gasteiger partial charge in [-0.2, -0.15) is 0 Å². The van der Waals surface area contributed by atoms with Crippen molar-refractivity contribution in [3.63, 3.8) is 0 Å². The van der Waals surface area contributed by atoms with Crippen LogP contribution < -0.4 is 0 Å². The molecule has 0 bridgehead atoms. The molecule has 37 heavy (non-hydrogen) atoms. The largest absolute Gasteiger partial charge is 0.379 e. The van der Waals surface area contributed by atoms with Gasteiger partial charge >= 0.3 is 0 Å². The first-order valence-electron chi connectivity index (χ1n) is 17.4. The van der Waals surface area contributed by atoms with Gasteiger partial charge in [0, 0.05) is 13.2 Å². The highest BCUT2D eigenvalue weighted by molar-refractivity contribution is 4.94. The van der Waals surface area contributed by atoms with Crippen LogP contribution in [-0.2, 0) is 9.47 Å². The molecule has 4 saturated carbocycles. The quantitative estimate of drug-likeness (QED) is 0.257. The summed E-state index contributed by atoms with van der Waals surface area (Å²) in [6.45, 7) is 11.0. The highest BCUT2D eigenvalue weighted by Crippen LogP contribution is 2.54. The van der Waals surface area contributed by atoms with Gasteiger partial charge in [0.2, 0.25) is 0 Å². The van der Waals surface area contributed by atoms with E-state index < -0.39 is 0 Å². The number of hydrogen-bond acceptors (Lipinski definition) is 2. The summed E-state index contributed by atoms with van der Waals surface area (Å²) in [5, 5.41) is 0. The van der Waals surface area contributed by atoms with Crippen molar-refractivity contribution in [3.8, 4) is 0 Å². The van der Waals surface area contributed by atoms with Crippen molar-refractivity contribution in [1.82, 2.24) is 0 Å². The summed E-state index contributed by atoms with van der Waals surface area (Å²) >= 11 is 0. The fourth-order valence-corrected chi connectivity index (χ4v) is 9.99. The monoisotopic (exact) mass is 516 g/mol. The Bertz CT molecular complexity index is 602. The standard InChI is InChI=1S/C35H64O2/c1-5-9-11-29-13-15-31(27-18-22-33(23-19-27)37-8-4)25-35(29)34-24-30(14-12-28(34)10-6-2)26-16-20-32(21-17-26)36-7-3/h26-35H,5-25H2,1-4H3. The third-order valence-electron chi connectivity index (χ3n) is 11.9. The van der Waals surface area contributed by atoms with Gasteiger partial charge in [0.25, 0.3) is 0 Å². The number of rotatable bonds is 12. The van der Waals surface area contributed by atoms with E-state index in [4.69, 9.17) is 9.47 Å². The van der Waals surface area contributed by atoms with Gasteiger partial charge in [-0.05, 0) is 151 Å². The minimum absolute atomic E-state index is 0.559. The van der Waals surface area contributed by atoms with E-state index in [0.29, 0.717) is 12.2 Å². The van der Waals surface area contributed by atoms with Crippen LogP contribution in [0.1, 0.15) is 150 Å². The fourth-order valence-electron chi connectivity index (χ4n) is 9.99. The summed E-state index contributed by atoms with van der Waals surface area (Å²) in [7, 11) is 0. The van der Waals surface area contributed by atoms with Crippen LogP contribution in [0.15, 0.2) is 0 Å². The molecule has 0 heterocycles. The molecule has 2 nitrogen and oxygen atoms in total. The van der Waals surface area contributed by atoms with Crippen molar-refractivity contribution < 1.29 is 9.47 Å². The maximum absolute atomic E-state index is 6.02. The topological polar surface area (TPSA) is 18.5 Å². The molecule has 0 aliphatic heterocycles. The number of unbranched alkanes of at least 4 members (excludes halogenated alkanes) is 1. The van der Waals surface area contributed by atoms with Gasteiger partial charge in [-0.15, -0.1) is 0 Å². The van der Waals surface area contributed by atoms with E-state index in [-0.39, 0.29) is 0 Å². The zero-order chi connectivity index (χ0) is 26.0. The minimum atomic E-state index is 0.559. The Balaban J connectivity index is 1.43. The summed E-state index contributed by atoms with van der Waals surface area (Å²) in [5.41, 5.74) is 0. The highest BCUT2D eigenvalue weighted by atomic mass is 16.5. The van der Waals surface area contributed by atoms with Crippen LogP contribution in [0.4, 0.5) is 0 Å². The molecule has 216 valence electrons. The Kier molecular flexibility index (Phi) is 12.6. The van der Waals surface area contributed by atoms with Gasteiger partial charge in [0.1, 0.15) is 0 Å². The van der Waals surface area contributed by atoms with E-state index in [0.717, 1.165) is 60.6 Å². The smallest absolute Gasteiger partial charge is 0.0575 e. The Morgan fingerprint density at radius 1 is 0.459 bits per heavy atom. The molecule has 2 heteroatoms. The van der Waals surface area contributed by atoms with Crippen LogP contribution in [-0.4, -0.2) is 25.4 Å². The first-order valence-corrected chi connectivity index (χ1v) is 17.4. The van der Waals surface area contributed by atoms with Crippen molar-refractivity contribution in [2.45, 2.75) is 162 Å². The second-order valence-electron chi connectivity index (χ2n) is 13.9. The molecule has 0 aromatic carbocycles. The summed E-state index contributed by atoms with van der Waals surface area (Å²) in [6.07, 6.45) is 28.7. The first-order chi connectivity index (χ1) is 18.2. The second-order valence-corrected chi connectivity index (χ2v) is 13.9. The van der Waals surface area contributed by atoms with Crippen LogP contribution >= 0.6 is 0 Å². The van der Waals surface area contributed by atoms with E-state index in [2.05, 4.69) is 27.7 Å². The summed E-state index contributed by atoms with van der Waals surface area (Å²) in [6, 6.07) is 0. The average molecular weight is 517 g/mol. The third kappa shape index (κ3) is 8.22. The predicted octanol–water partition coefficient (Wildman–Crippen LogP) is 10.2. The van der Waals surface area contributed by atoms with Crippen molar-refractivity contribution in [2.75, 3.05) is 13.2 Å². The van der Waals surface area contributed by atoms with Crippen molar-refractivity contribution in [1.29, 1.82) is 0 Å². The number of ether oxygens (including phenoxy) is 2. The van der Waals surface area contributed by atoms with Crippen LogP contribution in [0.2, 0.25) is 0 Å². The van der Waals surface area contributed by atoms with Crippen LogP contribution in [0.5, 0.6) is 0 Å². The Labute approximate surface area is 231 Å². The third-order valence-corrected chi connectivity index (χ3v) is 11.9. The molecular weight excluding hydrogens is 452 g/mol. The molecule has 4 aliphatic carbocycles. The summed E-state index contributed by atoms with van der Waals surface area (Å²) in [5.74, 6) is 8.08. The molecule has 4 rings (SSSR count). The van der Waals surface area contributed by atoms with Gasteiger partial charge in [0.05, 0.1) is 12.2 Å². The predicted molar refractivity (Wildman–Crippen MR) is 158 cm³/mol. The lowest BCUT2D eigenvalue weighted by atomic mass is 9.55. The van der Waals surface area contributed by atoms with Crippen molar-refractivity contribution in [3.05, 3.63) is 0 Å². The maximum Gasteiger partial charge on any atom is 0.0575 e. The Hall–Kier alpha value is -0.0800. The van der Waals surface area contributed by atoms with E-state index >= 15 is 0 Å². The van der Waals surface area contributed by atoms with Crippen molar-refractivity contribution in [2.24, 2.45) is 47.3 Å².